The number of aliphatic hydroxyl groups is 1. The van der Waals surface area contributed by atoms with Gasteiger partial charge in [-0.25, -0.2) is 4.39 Å². The van der Waals surface area contributed by atoms with Gasteiger partial charge in [-0.3, -0.25) is 4.79 Å². The molecular weight excluding hydrogens is 247 g/mol. The minimum atomic E-state index is -0.879. The molecule has 2 unspecified atom stereocenters. The fourth-order valence-corrected chi connectivity index (χ4v) is 2.27. The first kappa shape index (κ1) is 14.0. The van der Waals surface area contributed by atoms with Gasteiger partial charge in [0.05, 0.1) is 6.10 Å². The molecule has 0 bridgehead atoms. The first-order valence-electron chi connectivity index (χ1n) is 6.59. The largest absolute Gasteiger partial charge is 0.387 e. The predicted octanol–water partition coefficient (Wildman–Crippen LogP) is 1.12. The Hall–Kier alpha value is -1.46. The van der Waals surface area contributed by atoms with Gasteiger partial charge in [0, 0.05) is 19.0 Å². The van der Waals surface area contributed by atoms with E-state index >= 15 is 0 Å². The number of halogens is 1. The zero-order valence-electron chi connectivity index (χ0n) is 10.7. The Morgan fingerprint density at radius 1 is 1.58 bits per heavy atom. The standard InChI is InChI=1S/C14H19FN2O2/c15-11-4-1-3-10(7-11)13(18)9-17-14(19)8-12-5-2-6-16-12/h1,3-4,7,12-13,16,18H,2,5-6,8-9H2,(H,17,19). The van der Waals surface area contributed by atoms with Crippen molar-refractivity contribution in [3.63, 3.8) is 0 Å². The van der Waals surface area contributed by atoms with Crippen molar-refractivity contribution in [3.8, 4) is 0 Å². The topological polar surface area (TPSA) is 61.4 Å². The maximum Gasteiger partial charge on any atom is 0.221 e. The van der Waals surface area contributed by atoms with Crippen LogP contribution in [0.3, 0.4) is 0 Å². The van der Waals surface area contributed by atoms with Crippen LogP contribution in [0.25, 0.3) is 0 Å². The van der Waals surface area contributed by atoms with Crippen molar-refractivity contribution in [2.24, 2.45) is 0 Å². The Morgan fingerprint density at radius 2 is 2.42 bits per heavy atom. The summed E-state index contributed by atoms with van der Waals surface area (Å²) in [4.78, 5) is 11.7. The molecule has 19 heavy (non-hydrogen) atoms. The van der Waals surface area contributed by atoms with Gasteiger partial charge in [0.25, 0.3) is 0 Å². The highest BCUT2D eigenvalue weighted by molar-refractivity contribution is 5.76. The van der Waals surface area contributed by atoms with E-state index in [2.05, 4.69) is 10.6 Å². The number of hydrogen-bond acceptors (Lipinski definition) is 3. The first-order valence-corrected chi connectivity index (χ1v) is 6.59. The van der Waals surface area contributed by atoms with Crippen molar-refractivity contribution >= 4 is 5.91 Å². The number of aliphatic hydroxyl groups excluding tert-OH is 1. The third kappa shape index (κ3) is 4.29. The fraction of sp³-hybridized carbons (Fsp3) is 0.500. The molecule has 3 N–H and O–H groups in total. The molecular formula is C14H19FN2O2. The molecule has 1 fully saturated rings. The second-order valence-corrected chi connectivity index (χ2v) is 4.87. The van der Waals surface area contributed by atoms with Crippen LogP contribution in [0.15, 0.2) is 24.3 Å². The van der Waals surface area contributed by atoms with Gasteiger partial charge in [0.1, 0.15) is 5.82 Å². The van der Waals surface area contributed by atoms with Crippen LogP contribution in [0.1, 0.15) is 30.9 Å². The number of carbonyl (C=O) groups is 1. The van der Waals surface area contributed by atoms with Gasteiger partial charge in [-0.05, 0) is 37.1 Å². The molecule has 5 heteroatoms. The normalized spacial score (nSPS) is 20.2. The van der Waals surface area contributed by atoms with Crippen molar-refractivity contribution in [3.05, 3.63) is 35.6 Å². The number of amides is 1. The average Bonchev–Trinajstić information content (AvgIpc) is 2.88. The first-order chi connectivity index (χ1) is 9.15. The number of hydrogen-bond donors (Lipinski definition) is 3. The molecule has 104 valence electrons. The van der Waals surface area contributed by atoms with Crippen LogP contribution in [0.4, 0.5) is 4.39 Å². The van der Waals surface area contributed by atoms with Crippen LogP contribution >= 0.6 is 0 Å². The van der Waals surface area contributed by atoms with Crippen LogP contribution < -0.4 is 10.6 Å². The zero-order chi connectivity index (χ0) is 13.7. The summed E-state index contributed by atoms with van der Waals surface area (Å²) in [5.41, 5.74) is 0.472. The van der Waals surface area contributed by atoms with Crippen molar-refractivity contribution in [1.82, 2.24) is 10.6 Å². The minimum Gasteiger partial charge on any atom is -0.387 e. The Bertz CT molecular complexity index is 433. The lowest BCUT2D eigenvalue weighted by Gasteiger charge is -2.14. The van der Waals surface area contributed by atoms with E-state index in [0.717, 1.165) is 19.4 Å². The molecule has 1 aromatic carbocycles. The van der Waals surface area contributed by atoms with Crippen molar-refractivity contribution in [1.29, 1.82) is 0 Å². The molecule has 1 aromatic rings. The van der Waals surface area contributed by atoms with E-state index in [4.69, 9.17) is 0 Å². The average molecular weight is 266 g/mol. The van der Waals surface area contributed by atoms with Crippen LogP contribution in [-0.4, -0.2) is 30.1 Å². The van der Waals surface area contributed by atoms with E-state index in [1.54, 1.807) is 6.07 Å². The Labute approximate surface area is 112 Å². The van der Waals surface area contributed by atoms with E-state index in [1.807, 2.05) is 0 Å². The molecule has 1 heterocycles. The second-order valence-electron chi connectivity index (χ2n) is 4.87. The molecule has 2 atom stereocenters. The van der Waals surface area contributed by atoms with Crippen LogP contribution in [0.5, 0.6) is 0 Å². The fourth-order valence-electron chi connectivity index (χ4n) is 2.27. The molecule has 0 radical (unpaired) electrons. The molecule has 1 saturated heterocycles. The summed E-state index contributed by atoms with van der Waals surface area (Å²) in [5.74, 6) is -0.479. The Kier molecular flexibility index (Phi) is 4.87. The highest BCUT2D eigenvalue weighted by atomic mass is 19.1. The van der Waals surface area contributed by atoms with E-state index in [1.165, 1.54) is 18.2 Å². The van der Waals surface area contributed by atoms with Crippen molar-refractivity contribution < 1.29 is 14.3 Å². The summed E-state index contributed by atoms with van der Waals surface area (Å²) in [6.45, 7) is 1.07. The maximum absolute atomic E-state index is 13.0. The molecule has 0 saturated carbocycles. The number of benzene rings is 1. The third-order valence-electron chi connectivity index (χ3n) is 3.32. The monoisotopic (exact) mass is 266 g/mol. The lowest BCUT2D eigenvalue weighted by atomic mass is 10.1. The number of nitrogens with one attached hydrogen (secondary N) is 2. The SMILES string of the molecule is O=C(CC1CCCN1)NCC(O)c1cccc(F)c1. The van der Waals surface area contributed by atoms with Gasteiger partial charge < -0.3 is 15.7 Å². The van der Waals surface area contributed by atoms with Crippen molar-refractivity contribution in [2.45, 2.75) is 31.4 Å². The third-order valence-corrected chi connectivity index (χ3v) is 3.32. The lowest BCUT2D eigenvalue weighted by Crippen LogP contribution is -2.34. The van der Waals surface area contributed by atoms with E-state index in [-0.39, 0.29) is 18.5 Å². The molecule has 1 aliphatic heterocycles. The summed E-state index contributed by atoms with van der Waals surface area (Å²) in [7, 11) is 0. The number of rotatable bonds is 5. The highest BCUT2D eigenvalue weighted by Crippen LogP contribution is 2.13. The highest BCUT2D eigenvalue weighted by Gasteiger charge is 2.18. The summed E-state index contributed by atoms with van der Waals surface area (Å²) in [6, 6.07) is 6.01. The molecule has 0 aromatic heterocycles. The smallest absolute Gasteiger partial charge is 0.221 e. The van der Waals surface area contributed by atoms with Gasteiger partial charge in [-0.1, -0.05) is 12.1 Å². The van der Waals surface area contributed by atoms with Gasteiger partial charge in [0.2, 0.25) is 5.91 Å². The van der Waals surface area contributed by atoms with Crippen LogP contribution in [-0.2, 0) is 4.79 Å². The summed E-state index contributed by atoms with van der Waals surface area (Å²) >= 11 is 0. The van der Waals surface area contributed by atoms with Crippen LogP contribution in [0, 0.1) is 5.82 Å². The van der Waals surface area contributed by atoms with E-state index in [9.17, 15) is 14.3 Å². The quantitative estimate of drug-likeness (QED) is 0.748. The summed E-state index contributed by atoms with van der Waals surface area (Å²) in [6.07, 6.45) is 1.66. The Morgan fingerprint density at radius 3 is 3.11 bits per heavy atom. The molecule has 4 nitrogen and oxygen atoms in total. The van der Waals surface area contributed by atoms with E-state index in [0.29, 0.717) is 12.0 Å². The predicted molar refractivity (Wildman–Crippen MR) is 70.0 cm³/mol. The van der Waals surface area contributed by atoms with E-state index < -0.39 is 11.9 Å². The summed E-state index contributed by atoms with van der Waals surface area (Å²) < 4.78 is 13.0. The molecule has 1 amide bonds. The van der Waals surface area contributed by atoms with Gasteiger partial charge in [-0.2, -0.15) is 0 Å². The number of carbonyl (C=O) groups excluding carboxylic acids is 1. The second kappa shape index (κ2) is 6.63. The van der Waals surface area contributed by atoms with Gasteiger partial charge >= 0.3 is 0 Å². The van der Waals surface area contributed by atoms with Gasteiger partial charge in [0.15, 0.2) is 0 Å². The van der Waals surface area contributed by atoms with Gasteiger partial charge in [-0.15, -0.1) is 0 Å². The Balaban J connectivity index is 1.76. The molecule has 2 rings (SSSR count). The van der Waals surface area contributed by atoms with Crippen LogP contribution in [0.2, 0.25) is 0 Å². The maximum atomic E-state index is 13.0. The zero-order valence-corrected chi connectivity index (χ0v) is 10.7. The molecule has 1 aliphatic rings. The minimum absolute atomic E-state index is 0.0881. The lowest BCUT2D eigenvalue weighted by molar-refractivity contribution is -0.122. The molecule has 0 aliphatic carbocycles. The summed E-state index contributed by atoms with van der Waals surface area (Å²) in [5, 5.41) is 15.8. The molecule has 0 spiro atoms. The van der Waals surface area contributed by atoms with Crippen molar-refractivity contribution in [2.75, 3.05) is 13.1 Å².